The number of benzene rings is 3. The summed E-state index contributed by atoms with van der Waals surface area (Å²) >= 11 is 0. The fourth-order valence-electron chi connectivity index (χ4n) is 6.77. The van der Waals surface area contributed by atoms with E-state index < -0.39 is 23.4 Å². The maximum atomic E-state index is 14.5. The van der Waals surface area contributed by atoms with Crippen molar-refractivity contribution in [2.24, 2.45) is 0 Å². The number of aryl methyl sites for hydroxylation is 2. The number of ether oxygens (including phenoxy) is 5. The molecule has 3 aromatic carbocycles. The zero-order chi connectivity index (χ0) is 31.9. The Morgan fingerprint density at radius 3 is 2.40 bits per heavy atom. The van der Waals surface area contributed by atoms with E-state index >= 15 is 0 Å². The number of alkyl halides is 3. The minimum atomic E-state index is -4.55. The molecule has 2 atom stereocenters. The lowest BCUT2D eigenvalue weighted by molar-refractivity contribution is -0.141. The van der Waals surface area contributed by atoms with Gasteiger partial charge in [-0.3, -0.25) is 4.79 Å². The molecule has 0 aromatic heterocycles. The van der Waals surface area contributed by atoms with E-state index in [0.717, 1.165) is 17.2 Å². The van der Waals surface area contributed by atoms with Crippen LogP contribution in [0.15, 0.2) is 42.5 Å². The Kier molecular flexibility index (Phi) is 8.47. The quantitative estimate of drug-likeness (QED) is 0.269. The van der Waals surface area contributed by atoms with E-state index in [0.29, 0.717) is 85.0 Å². The van der Waals surface area contributed by atoms with Crippen LogP contribution in [-0.2, 0) is 26.9 Å². The summed E-state index contributed by atoms with van der Waals surface area (Å²) < 4.78 is 71.7. The van der Waals surface area contributed by atoms with Crippen LogP contribution in [-0.4, -0.2) is 50.2 Å². The first-order valence-electron chi connectivity index (χ1n) is 15.2. The lowest BCUT2D eigenvalue weighted by Crippen LogP contribution is -2.41. The van der Waals surface area contributed by atoms with Gasteiger partial charge in [-0.2, -0.15) is 13.2 Å². The molecule has 0 spiro atoms. The van der Waals surface area contributed by atoms with Gasteiger partial charge in [-0.15, -0.1) is 0 Å². The highest BCUT2D eigenvalue weighted by Crippen LogP contribution is 2.49. The lowest BCUT2D eigenvalue weighted by Gasteiger charge is -2.31. The molecule has 0 radical (unpaired) electrons. The predicted octanol–water partition coefficient (Wildman–Crippen LogP) is 7.01. The van der Waals surface area contributed by atoms with E-state index in [2.05, 4.69) is 0 Å². The number of halogens is 3. The highest BCUT2D eigenvalue weighted by molar-refractivity contribution is 5.80. The van der Waals surface area contributed by atoms with Gasteiger partial charge in [0, 0.05) is 43.6 Å². The zero-order valence-electron chi connectivity index (χ0n) is 25.6. The first-order chi connectivity index (χ1) is 21.5. The molecule has 6 rings (SSSR count). The zero-order valence-corrected chi connectivity index (χ0v) is 25.6. The molecule has 3 aromatic rings. The molecule has 2 aliphatic heterocycles. The van der Waals surface area contributed by atoms with Crippen molar-refractivity contribution in [1.82, 2.24) is 0 Å². The Morgan fingerprint density at radius 1 is 1.00 bits per heavy atom. The van der Waals surface area contributed by atoms with Gasteiger partial charge >= 0.3 is 12.1 Å². The molecule has 0 amide bonds. The van der Waals surface area contributed by atoms with Crippen LogP contribution in [0.3, 0.4) is 0 Å². The van der Waals surface area contributed by atoms with Crippen LogP contribution in [0, 0.1) is 13.8 Å². The summed E-state index contributed by atoms with van der Waals surface area (Å²) in [5, 5.41) is 10.8. The monoisotopic (exact) mass is 626 g/mol. The maximum Gasteiger partial charge on any atom is 0.417 e. The molecule has 0 bridgehead atoms. The third-order valence-electron chi connectivity index (χ3n) is 9.13. The molecule has 240 valence electrons. The van der Waals surface area contributed by atoms with Crippen LogP contribution >= 0.6 is 0 Å². The van der Waals surface area contributed by atoms with Crippen LogP contribution < -0.4 is 14.2 Å². The maximum absolute atomic E-state index is 14.5. The average molecular weight is 627 g/mol. The number of carbonyl (C=O) groups is 1. The highest BCUT2D eigenvalue weighted by atomic mass is 19.4. The molecule has 45 heavy (non-hydrogen) atoms. The van der Waals surface area contributed by atoms with Gasteiger partial charge in [-0.1, -0.05) is 12.1 Å². The van der Waals surface area contributed by atoms with E-state index in [1.165, 1.54) is 13.2 Å². The van der Waals surface area contributed by atoms with E-state index in [-0.39, 0.29) is 30.5 Å². The Morgan fingerprint density at radius 2 is 1.71 bits per heavy atom. The van der Waals surface area contributed by atoms with Crippen LogP contribution in [0.1, 0.15) is 71.1 Å². The number of esters is 1. The molecule has 7 nitrogen and oxygen atoms in total. The van der Waals surface area contributed by atoms with Gasteiger partial charge in [0.2, 0.25) is 0 Å². The van der Waals surface area contributed by atoms with Gasteiger partial charge in [0.05, 0.1) is 25.7 Å². The van der Waals surface area contributed by atoms with Gasteiger partial charge in [-0.25, -0.2) is 0 Å². The molecule has 3 aliphatic rings. The minimum Gasteiger partial charge on any atom is -0.492 e. The fraction of sp³-hybridized carbons (Fsp3) is 0.457. The summed E-state index contributed by atoms with van der Waals surface area (Å²) in [6.45, 7) is 4.94. The summed E-state index contributed by atoms with van der Waals surface area (Å²) in [7, 11) is 1.35. The van der Waals surface area contributed by atoms with Gasteiger partial charge in [0.1, 0.15) is 35.6 Å². The lowest BCUT2D eigenvalue weighted by atomic mass is 9.86. The van der Waals surface area contributed by atoms with Crippen molar-refractivity contribution in [2.75, 3.05) is 33.5 Å². The van der Waals surface area contributed by atoms with E-state index in [1.54, 1.807) is 32.0 Å². The normalized spacial score (nSPS) is 20.2. The smallest absolute Gasteiger partial charge is 0.417 e. The Hall–Kier alpha value is -3.76. The first kappa shape index (κ1) is 31.2. The summed E-state index contributed by atoms with van der Waals surface area (Å²) in [6.07, 6.45) is -2.90. The standard InChI is InChI=1S/C35H37F3O7/c1-20-14-24(44-19-34(40)10-12-42-13-11-34)15-21(2)32(20)33-27-7-9-29(26(27)6-8-28(33)35(36,37)38)45-23-4-5-25-22(16-31(39)41-3)18-43-30(25)17-23/h4-6,8,14-15,17,22,29,40H,7,9-13,16,18-19H2,1-3H3/t22?,29-/m1/s1. The number of fused-ring (bicyclic) bond motifs is 2. The minimum absolute atomic E-state index is 0.0851. The highest BCUT2D eigenvalue weighted by Gasteiger charge is 2.39. The first-order valence-corrected chi connectivity index (χ1v) is 15.2. The van der Waals surface area contributed by atoms with Gasteiger partial charge in [0.25, 0.3) is 0 Å². The molecule has 0 saturated carbocycles. The van der Waals surface area contributed by atoms with E-state index in [9.17, 15) is 23.1 Å². The Labute approximate surface area is 260 Å². The molecule has 1 saturated heterocycles. The second kappa shape index (κ2) is 12.2. The van der Waals surface area contributed by atoms with Gasteiger partial charge < -0.3 is 28.8 Å². The number of aliphatic hydroxyl groups is 1. The van der Waals surface area contributed by atoms with Crippen molar-refractivity contribution in [3.8, 4) is 28.4 Å². The van der Waals surface area contributed by atoms with Crippen molar-refractivity contribution < 1.29 is 46.8 Å². The second-order valence-corrected chi connectivity index (χ2v) is 12.2. The molecule has 1 unspecified atom stereocenters. The van der Waals surface area contributed by atoms with Crippen LogP contribution in [0.5, 0.6) is 17.2 Å². The molecular weight excluding hydrogens is 589 g/mol. The molecule has 1 N–H and O–H groups in total. The SMILES string of the molecule is COC(=O)CC1COc2cc(O[C@@H]3CCc4c3ccc(C(F)(F)F)c4-c3c(C)cc(OCC4(O)CCOCC4)cc3C)ccc21. The largest absolute Gasteiger partial charge is 0.492 e. The molecule has 10 heteroatoms. The van der Waals surface area contributed by atoms with Crippen molar-refractivity contribution in [3.63, 3.8) is 0 Å². The Bertz CT molecular complexity index is 1570. The van der Waals surface area contributed by atoms with Crippen molar-refractivity contribution >= 4 is 5.97 Å². The third-order valence-corrected chi connectivity index (χ3v) is 9.13. The van der Waals surface area contributed by atoms with Gasteiger partial charge in [0.15, 0.2) is 0 Å². The number of rotatable bonds is 8. The summed E-state index contributed by atoms with van der Waals surface area (Å²) in [6, 6.07) is 11.6. The van der Waals surface area contributed by atoms with Crippen molar-refractivity contribution in [1.29, 1.82) is 0 Å². The number of carbonyl (C=O) groups excluding carboxylic acids is 1. The van der Waals surface area contributed by atoms with Crippen molar-refractivity contribution in [2.45, 2.75) is 69.8 Å². The molecule has 1 aliphatic carbocycles. The Balaban J connectivity index is 1.28. The summed E-state index contributed by atoms with van der Waals surface area (Å²) in [4.78, 5) is 11.8. The predicted molar refractivity (Wildman–Crippen MR) is 160 cm³/mol. The third kappa shape index (κ3) is 6.35. The fourth-order valence-corrected chi connectivity index (χ4v) is 6.77. The van der Waals surface area contributed by atoms with Crippen molar-refractivity contribution in [3.05, 3.63) is 75.8 Å². The van der Waals surface area contributed by atoms with E-state index in [1.807, 2.05) is 12.1 Å². The topological polar surface area (TPSA) is 83.5 Å². The van der Waals surface area contributed by atoms with E-state index in [4.69, 9.17) is 23.7 Å². The number of methoxy groups -OCH3 is 1. The molecule has 2 heterocycles. The second-order valence-electron chi connectivity index (χ2n) is 12.2. The number of hydrogen-bond acceptors (Lipinski definition) is 7. The number of hydrogen-bond donors (Lipinski definition) is 1. The van der Waals surface area contributed by atoms with Crippen LogP contribution in [0.25, 0.3) is 11.1 Å². The average Bonchev–Trinajstić information content (AvgIpc) is 3.59. The van der Waals surface area contributed by atoms with Gasteiger partial charge in [-0.05, 0) is 84.3 Å². The van der Waals surface area contributed by atoms with Crippen LogP contribution in [0.4, 0.5) is 13.2 Å². The molecule has 1 fully saturated rings. The summed E-state index contributed by atoms with van der Waals surface area (Å²) in [5.74, 6) is 1.27. The summed E-state index contributed by atoms with van der Waals surface area (Å²) in [5.41, 5.74) is 2.60. The molecular formula is C35H37F3O7. The van der Waals surface area contributed by atoms with Crippen LogP contribution in [0.2, 0.25) is 0 Å².